The monoisotopic (exact) mass is 430 g/mol. The van der Waals surface area contributed by atoms with Crippen molar-refractivity contribution in [3.63, 3.8) is 0 Å². The number of amides is 2. The van der Waals surface area contributed by atoms with E-state index in [9.17, 15) is 9.59 Å². The first-order chi connectivity index (χ1) is 15.4. The maximum atomic E-state index is 13.3. The molecule has 4 rings (SSSR count). The van der Waals surface area contributed by atoms with Gasteiger partial charge in [-0.3, -0.25) is 9.59 Å². The molecule has 3 aromatic carbocycles. The van der Waals surface area contributed by atoms with Gasteiger partial charge >= 0.3 is 0 Å². The van der Waals surface area contributed by atoms with Crippen molar-refractivity contribution in [1.29, 1.82) is 0 Å². The van der Waals surface area contributed by atoms with Gasteiger partial charge in [0.05, 0.1) is 18.6 Å². The number of carbonyl (C=O) groups is 2. The smallest absolute Gasteiger partial charge is 0.225 e. The summed E-state index contributed by atoms with van der Waals surface area (Å²) in [5, 5.41) is 5.55. The van der Waals surface area contributed by atoms with Gasteiger partial charge in [-0.15, -0.1) is 0 Å². The summed E-state index contributed by atoms with van der Waals surface area (Å²) < 4.78 is 5.29. The van der Waals surface area contributed by atoms with Gasteiger partial charge in [-0.25, -0.2) is 0 Å². The fourth-order valence-electron chi connectivity index (χ4n) is 4.52. The molecule has 1 saturated heterocycles. The zero-order chi connectivity index (χ0) is 22.7. The number of likely N-dealkylation sites (tertiary alicyclic amines) is 1. The number of nitrogens with one attached hydrogen (secondary N) is 1. The number of rotatable bonds is 6. The Morgan fingerprint density at radius 1 is 1.09 bits per heavy atom. The summed E-state index contributed by atoms with van der Waals surface area (Å²) in [4.78, 5) is 27.6. The lowest BCUT2D eigenvalue weighted by Crippen LogP contribution is -2.49. The van der Waals surface area contributed by atoms with Gasteiger partial charge in [-0.1, -0.05) is 54.6 Å². The van der Waals surface area contributed by atoms with Gasteiger partial charge in [0.1, 0.15) is 5.75 Å². The predicted molar refractivity (Wildman–Crippen MR) is 126 cm³/mol. The zero-order valence-electron chi connectivity index (χ0n) is 18.9. The summed E-state index contributed by atoms with van der Waals surface area (Å²) >= 11 is 0. The van der Waals surface area contributed by atoms with Gasteiger partial charge in [-0.2, -0.15) is 0 Å². The van der Waals surface area contributed by atoms with E-state index in [1.54, 1.807) is 12.0 Å². The van der Waals surface area contributed by atoms with Crippen molar-refractivity contribution < 1.29 is 14.3 Å². The number of ether oxygens (including phenoxy) is 1. The van der Waals surface area contributed by atoms with E-state index in [1.807, 2.05) is 56.3 Å². The predicted octanol–water partition coefficient (Wildman–Crippen LogP) is 4.64. The van der Waals surface area contributed by atoms with E-state index in [1.165, 1.54) is 0 Å². The van der Waals surface area contributed by atoms with Gasteiger partial charge in [0.25, 0.3) is 0 Å². The molecular weight excluding hydrogens is 400 g/mol. The van der Waals surface area contributed by atoms with E-state index >= 15 is 0 Å². The Labute approximate surface area is 189 Å². The molecule has 0 spiro atoms. The van der Waals surface area contributed by atoms with Crippen LogP contribution in [0.25, 0.3) is 10.8 Å². The molecule has 0 unspecified atom stereocenters. The highest BCUT2D eigenvalue weighted by Crippen LogP contribution is 2.30. The quantitative estimate of drug-likeness (QED) is 0.620. The molecule has 1 fully saturated rings. The number of piperidine rings is 1. The van der Waals surface area contributed by atoms with Crippen LogP contribution in [0, 0.1) is 5.92 Å². The molecule has 0 aliphatic carbocycles. The number of carbonyl (C=O) groups excluding carboxylic acids is 2. The van der Waals surface area contributed by atoms with Crippen molar-refractivity contribution in [2.75, 3.05) is 13.7 Å². The highest BCUT2D eigenvalue weighted by atomic mass is 16.5. The fourth-order valence-corrected chi connectivity index (χ4v) is 4.52. The second kappa shape index (κ2) is 9.03. The van der Waals surface area contributed by atoms with Crippen LogP contribution in [0.2, 0.25) is 0 Å². The molecule has 1 N–H and O–H groups in total. The number of hydrogen-bond donors (Lipinski definition) is 1. The summed E-state index contributed by atoms with van der Waals surface area (Å²) in [7, 11) is 1.63. The minimum absolute atomic E-state index is 0.00826. The molecule has 5 nitrogen and oxygen atoms in total. The Balaban J connectivity index is 1.48. The van der Waals surface area contributed by atoms with Crippen LogP contribution in [0.4, 0.5) is 0 Å². The third kappa shape index (κ3) is 4.62. The normalized spacial score (nSPS) is 16.8. The first-order valence-corrected chi connectivity index (χ1v) is 11.1. The minimum atomic E-state index is -0.531. The summed E-state index contributed by atoms with van der Waals surface area (Å²) in [5.41, 5.74) is 1.55. The van der Waals surface area contributed by atoms with Crippen LogP contribution in [0.5, 0.6) is 5.75 Å². The van der Waals surface area contributed by atoms with E-state index in [2.05, 4.69) is 29.6 Å². The molecular formula is C27H30N2O3. The molecule has 1 aliphatic heterocycles. The minimum Gasteiger partial charge on any atom is -0.497 e. The van der Waals surface area contributed by atoms with Gasteiger partial charge in [0.2, 0.25) is 11.8 Å². The van der Waals surface area contributed by atoms with E-state index < -0.39 is 5.54 Å². The summed E-state index contributed by atoms with van der Waals surface area (Å²) in [6.07, 6.45) is 0.960. The Kier molecular flexibility index (Phi) is 6.17. The van der Waals surface area contributed by atoms with Crippen molar-refractivity contribution in [1.82, 2.24) is 10.2 Å². The van der Waals surface area contributed by atoms with E-state index in [-0.39, 0.29) is 17.7 Å². The Morgan fingerprint density at radius 3 is 2.66 bits per heavy atom. The van der Waals surface area contributed by atoms with Crippen LogP contribution < -0.4 is 10.1 Å². The molecule has 1 heterocycles. The van der Waals surface area contributed by atoms with Crippen molar-refractivity contribution in [2.24, 2.45) is 5.92 Å². The number of hydrogen-bond acceptors (Lipinski definition) is 3. The zero-order valence-corrected chi connectivity index (χ0v) is 18.9. The summed E-state index contributed by atoms with van der Waals surface area (Å²) in [6, 6.07) is 22.1. The largest absolute Gasteiger partial charge is 0.497 e. The highest BCUT2D eigenvalue weighted by molar-refractivity contribution is 5.88. The Bertz CT molecular complexity index is 1130. The lowest BCUT2D eigenvalue weighted by Gasteiger charge is -2.35. The summed E-state index contributed by atoms with van der Waals surface area (Å²) in [5.74, 6) is 0.613. The van der Waals surface area contributed by atoms with Gasteiger partial charge < -0.3 is 15.0 Å². The van der Waals surface area contributed by atoms with Gasteiger partial charge in [0, 0.05) is 19.5 Å². The molecule has 0 radical (unpaired) electrons. The average molecular weight is 431 g/mol. The van der Waals surface area contributed by atoms with Crippen LogP contribution >= 0.6 is 0 Å². The lowest BCUT2D eigenvalue weighted by molar-refractivity contribution is -0.139. The second-order valence-electron chi connectivity index (χ2n) is 9.00. The van der Waals surface area contributed by atoms with Crippen LogP contribution in [-0.2, 0) is 21.7 Å². The molecule has 3 aromatic rings. The first kappa shape index (κ1) is 21.9. The molecule has 5 heteroatoms. The van der Waals surface area contributed by atoms with Gasteiger partial charge in [0.15, 0.2) is 0 Å². The molecule has 1 aliphatic rings. The Hall–Kier alpha value is -3.34. The lowest BCUT2D eigenvalue weighted by atomic mass is 9.88. The molecule has 166 valence electrons. The van der Waals surface area contributed by atoms with Crippen molar-refractivity contribution >= 4 is 22.6 Å². The third-order valence-electron chi connectivity index (χ3n) is 6.28. The third-order valence-corrected chi connectivity index (χ3v) is 6.28. The average Bonchev–Trinajstić information content (AvgIpc) is 2.80. The maximum absolute atomic E-state index is 13.3. The van der Waals surface area contributed by atoms with Crippen LogP contribution in [0.1, 0.15) is 37.8 Å². The fraction of sp³-hybridized carbons (Fsp3) is 0.333. The summed E-state index contributed by atoms with van der Waals surface area (Å²) in [6.45, 7) is 4.98. The molecule has 32 heavy (non-hydrogen) atoms. The molecule has 1 atom stereocenters. The molecule has 0 aromatic heterocycles. The maximum Gasteiger partial charge on any atom is 0.225 e. The van der Waals surface area contributed by atoms with Crippen LogP contribution in [0.15, 0.2) is 66.7 Å². The molecule has 0 saturated carbocycles. The van der Waals surface area contributed by atoms with E-state index in [0.29, 0.717) is 25.9 Å². The number of nitrogens with zero attached hydrogens (tertiary/aromatic N) is 1. The standard InChI is InChI=1S/C27H30N2O3/c1-27(2,24-13-7-10-20-9-4-5-12-23(20)24)28-26(31)21-14-15-25(30)29(18-21)17-19-8-6-11-22(16-19)32-3/h4-13,16,21H,14-15,17-18H2,1-3H3,(H,28,31)/t21-/m1/s1. The molecule has 0 bridgehead atoms. The van der Waals surface area contributed by atoms with Crippen molar-refractivity contribution in [3.05, 3.63) is 77.9 Å². The van der Waals surface area contributed by atoms with Crippen molar-refractivity contribution in [2.45, 2.75) is 38.8 Å². The van der Waals surface area contributed by atoms with Crippen molar-refractivity contribution in [3.8, 4) is 5.75 Å². The van der Waals surface area contributed by atoms with E-state index in [0.717, 1.165) is 27.6 Å². The van der Waals surface area contributed by atoms with E-state index in [4.69, 9.17) is 4.74 Å². The first-order valence-electron chi connectivity index (χ1n) is 11.1. The number of benzene rings is 3. The highest BCUT2D eigenvalue weighted by Gasteiger charge is 2.33. The number of methoxy groups -OCH3 is 1. The van der Waals surface area contributed by atoms with Gasteiger partial charge in [-0.05, 0) is 54.3 Å². The Morgan fingerprint density at radius 2 is 1.84 bits per heavy atom. The topological polar surface area (TPSA) is 58.6 Å². The second-order valence-corrected chi connectivity index (χ2v) is 9.00. The SMILES string of the molecule is COc1cccc(CN2C[C@H](C(=O)NC(C)(C)c3cccc4ccccc34)CCC2=O)c1. The van der Waals surface area contributed by atoms with Crippen LogP contribution in [-0.4, -0.2) is 30.4 Å². The number of fused-ring (bicyclic) bond motifs is 1. The van der Waals surface area contributed by atoms with Crippen LogP contribution in [0.3, 0.4) is 0 Å². The molecule has 2 amide bonds.